The molecule has 0 unspecified atom stereocenters. The van der Waals surface area contributed by atoms with Crippen LogP contribution in [0.3, 0.4) is 0 Å². The Bertz CT molecular complexity index is 951. The van der Waals surface area contributed by atoms with E-state index in [9.17, 15) is 9.59 Å². The molecule has 0 saturated heterocycles. The Labute approximate surface area is 144 Å². The van der Waals surface area contributed by atoms with E-state index in [2.05, 4.69) is 15.3 Å². The Hall–Kier alpha value is -3.22. The first-order valence-corrected chi connectivity index (χ1v) is 7.93. The van der Waals surface area contributed by atoms with E-state index >= 15 is 0 Å². The molecule has 0 fully saturated rings. The first kappa shape index (κ1) is 16.6. The highest BCUT2D eigenvalue weighted by molar-refractivity contribution is 5.90. The van der Waals surface area contributed by atoms with Gasteiger partial charge in [-0.2, -0.15) is 0 Å². The number of hydrogen-bond acceptors (Lipinski definition) is 5. The van der Waals surface area contributed by atoms with Gasteiger partial charge in [-0.05, 0) is 24.3 Å². The molecule has 128 valence electrons. The lowest BCUT2D eigenvalue weighted by Crippen LogP contribution is -2.30. The second-order valence-electron chi connectivity index (χ2n) is 5.81. The van der Waals surface area contributed by atoms with E-state index < -0.39 is 0 Å². The fourth-order valence-electron chi connectivity index (χ4n) is 2.56. The van der Waals surface area contributed by atoms with Crippen molar-refractivity contribution in [2.24, 2.45) is 0 Å². The average Bonchev–Trinajstić information content (AvgIpc) is 2.61. The zero-order valence-corrected chi connectivity index (χ0v) is 14.1. The third-order valence-electron chi connectivity index (χ3n) is 3.79. The molecule has 1 aromatic carbocycles. The topological polar surface area (TPSA) is 80.1 Å². The van der Waals surface area contributed by atoms with Crippen LogP contribution in [-0.4, -0.2) is 34.5 Å². The summed E-state index contributed by atoms with van der Waals surface area (Å²) in [5.41, 5.74) is 1.91. The maximum atomic E-state index is 12.7. The number of pyridine rings is 1. The van der Waals surface area contributed by atoms with Crippen molar-refractivity contribution in [2.75, 3.05) is 24.3 Å². The van der Waals surface area contributed by atoms with Crippen LogP contribution in [0.2, 0.25) is 0 Å². The molecule has 0 spiro atoms. The SMILES string of the molecule is CN(C)c1nc2ccccc2n(CCC(=O)Nc2ccncc2)c1=O. The molecular formula is C18H19N5O2. The second-order valence-corrected chi connectivity index (χ2v) is 5.81. The molecule has 0 aliphatic heterocycles. The molecule has 3 rings (SSSR count). The zero-order chi connectivity index (χ0) is 17.8. The quantitative estimate of drug-likeness (QED) is 0.769. The smallest absolute Gasteiger partial charge is 0.293 e. The van der Waals surface area contributed by atoms with Crippen LogP contribution < -0.4 is 15.8 Å². The molecule has 0 aliphatic rings. The standard InChI is InChI=1S/C18H19N5O2/c1-22(2)17-18(25)23(15-6-4-3-5-14(15)21-17)12-9-16(24)20-13-7-10-19-11-8-13/h3-8,10-11H,9,12H2,1-2H3,(H,19,20,24). The lowest BCUT2D eigenvalue weighted by molar-refractivity contribution is -0.116. The first-order valence-electron chi connectivity index (χ1n) is 7.93. The number of hydrogen-bond donors (Lipinski definition) is 1. The third-order valence-corrected chi connectivity index (χ3v) is 3.79. The molecule has 3 aromatic rings. The fraction of sp³-hybridized carbons (Fsp3) is 0.222. The molecule has 0 radical (unpaired) electrons. The van der Waals surface area contributed by atoms with Crippen molar-refractivity contribution in [1.29, 1.82) is 0 Å². The highest BCUT2D eigenvalue weighted by Crippen LogP contribution is 2.14. The fourth-order valence-corrected chi connectivity index (χ4v) is 2.56. The van der Waals surface area contributed by atoms with Crippen LogP contribution in [0.25, 0.3) is 11.0 Å². The van der Waals surface area contributed by atoms with Crippen LogP contribution in [0.4, 0.5) is 11.5 Å². The number of aromatic nitrogens is 3. The summed E-state index contributed by atoms with van der Waals surface area (Å²) in [4.78, 5) is 34.9. The molecule has 7 heteroatoms. The molecule has 0 bridgehead atoms. The minimum Gasteiger partial charge on any atom is -0.358 e. The molecule has 0 saturated carbocycles. The van der Waals surface area contributed by atoms with E-state index in [1.807, 2.05) is 24.3 Å². The van der Waals surface area contributed by atoms with Gasteiger partial charge in [0.15, 0.2) is 5.82 Å². The maximum absolute atomic E-state index is 12.7. The van der Waals surface area contributed by atoms with Crippen LogP contribution in [0.5, 0.6) is 0 Å². The Kier molecular flexibility index (Phi) is 4.74. The number of carbonyl (C=O) groups is 1. The van der Waals surface area contributed by atoms with Gasteiger partial charge in [0.05, 0.1) is 11.0 Å². The van der Waals surface area contributed by atoms with E-state index in [1.54, 1.807) is 48.1 Å². The lowest BCUT2D eigenvalue weighted by Gasteiger charge is -2.16. The van der Waals surface area contributed by atoms with Crippen molar-refractivity contribution in [3.63, 3.8) is 0 Å². The normalized spacial score (nSPS) is 10.6. The summed E-state index contributed by atoms with van der Waals surface area (Å²) in [6.07, 6.45) is 3.41. The maximum Gasteiger partial charge on any atom is 0.293 e. The van der Waals surface area contributed by atoms with E-state index in [0.29, 0.717) is 11.5 Å². The highest BCUT2D eigenvalue weighted by Gasteiger charge is 2.13. The van der Waals surface area contributed by atoms with Gasteiger partial charge in [0.25, 0.3) is 5.56 Å². The van der Waals surface area contributed by atoms with Crippen molar-refractivity contribution in [3.05, 3.63) is 59.1 Å². The minimum atomic E-state index is -0.208. The van der Waals surface area contributed by atoms with Gasteiger partial charge in [-0.3, -0.25) is 14.6 Å². The first-order chi connectivity index (χ1) is 12.1. The highest BCUT2D eigenvalue weighted by atomic mass is 16.2. The van der Waals surface area contributed by atoms with Gasteiger partial charge in [0.2, 0.25) is 5.91 Å². The second kappa shape index (κ2) is 7.12. The summed E-state index contributed by atoms with van der Waals surface area (Å²) in [6, 6.07) is 10.9. The number of carbonyl (C=O) groups excluding carboxylic acids is 1. The van der Waals surface area contributed by atoms with Gasteiger partial charge in [0, 0.05) is 45.1 Å². The monoisotopic (exact) mass is 337 g/mol. The van der Waals surface area contributed by atoms with Gasteiger partial charge < -0.3 is 14.8 Å². The summed E-state index contributed by atoms with van der Waals surface area (Å²) in [7, 11) is 3.55. The van der Waals surface area contributed by atoms with E-state index in [0.717, 1.165) is 11.0 Å². The molecule has 7 nitrogen and oxygen atoms in total. The Morgan fingerprint density at radius 1 is 1.16 bits per heavy atom. The predicted octanol–water partition coefficient (Wildman–Crippen LogP) is 1.89. The lowest BCUT2D eigenvalue weighted by atomic mass is 10.2. The molecule has 0 aliphatic carbocycles. The molecule has 2 heterocycles. The van der Waals surface area contributed by atoms with Gasteiger partial charge >= 0.3 is 0 Å². The Morgan fingerprint density at radius 2 is 1.88 bits per heavy atom. The van der Waals surface area contributed by atoms with Crippen LogP contribution in [0, 0.1) is 0 Å². The minimum absolute atomic E-state index is 0.162. The Balaban J connectivity index is 1.86. The van der Waals surface area contributed by atoms with Gasteiger partial charge in [-0.25, -0.2) is 4.98 Å². The Morgan fingerprint density at radius 3 is 2.60 bits per heavy atom. The van der Waals surface area contributed by atoms with Gasteiger partial charge in [0.1, 0.15) is 0 Å². The number of para-hydroxylation sites is 2. The average molecular weight is 337 g/mol. The summed E-state index contributed by atoms with van der Waals surface area (Å²) in [5.74, 6) is 0.193. The summed E-state index contributed by atoms with van der Waals surface area (Å²) in [6.45, 7) is 0.277. The number of amides is 1. The molecule has 0 atom stereocenters. The summed E-state index contributed by atoms with van der Waals surface area (Å²) in [5, 5.41) is 2.80. The van der Waals surface area contributed by atoms with Crippen molar-refractivity contribution in [3.8, 4) is 0 Å². The number of nitrogens with zero attached hydrogens (tertiary/aromatic N) is 4. The summed E-state index contributed by atoms with van der Waals surface area (Å²) < 4.78 is 1.60. The van der Waals surface area contributed by atoms with E-state index in [4.69, 9.17) is 0 Å². The van der Waals surface area contributed by atoms with Crippen LogP contribution in [-0.2, 0) is 11.3 Å². The van der Waals surface area contributed by atoms with Gasteiger partial charge in [-0.1, -0.05) is 12.1 Å². The van der Waals surface area contributed by atoms with Crippen molar-refractivity contribution >= 4 is 28.4 Å². The predicted molar refractivity (Wildman–Crippen MR) is 97.8 cm³/mol. The number of anilines is 2. The van der Waals surface area contributed by atoms with Crippen molar-refractivity contribution in [1.82, 2.24) is 14.5 Å². The molecule has 25 heavy (non-hydrogen) atoms. The van der Waals surface area contributed by atoms with Crippen molar-refractivity contribution in [2.45, 2.75) is 13.0 Å². The van der Waals surface area contributed by atoms with Crippen LogP contribution in [0.1, 0.15) is 6.42 Å². The molecule has 2 aromatic heterocycles. The number of fused-ring (bicyclic) bond motifs is 1. The summed E-state index contributed by atoms with van der Waals surface area (Å²) >= 11 is 0. The molecular weight excluding hydrogens is 318 g/mol. The number of aryl methyl sites for hydroxylation is 1. The number of rotatable bonds is 5. The van der Waals surface area contributed by atoms with Crippen molar-refractivity contribution < 1.29 is 4.79 Å². The van der Waals surface area contributed by atoms with E-state index in [1.165, 1.54) is 0 Å². The number of nitrogens with one attached hydrogen (secondary N) is 1. The molecule has 1 N–H and O–H groups in total. The number of benzene rings is 1. The van der Waals surface area contributed by atoms with E-state index in [-0.39, 0.29) is 24.4 Å². The van der Waals surface area contributed by atoms with Crippen LogP contribution in [0.15, 0.2) is 53.6 Å². The van der Waals surface area contributed by atoms with Gasteiger partial charge in [-0.15, -0.1) is 0 Å². The third kappa shape index (κ3) is 3.65. The zero-order valence-electron chi connectivity index (χ0n) is 14.1. The molecule has 1 amide bonds. The van der Waals surface area contributed by atoms with Crippen LogP contribution >= 0.6 is 0 Å². The largest absolute Gasteiger partial charge is 0.358 e.